The molecule has 0 aliphatic carbocycles. The average Bonchev–Trinajstić information content (AvgIpc) is 3.39. The lowest BCUT2D eigenvalue weighted by molar-refractivity contribution is -0.121. The fraction of sp³-hybridized carbons (Fsp3) is 0.286. The number of aromatic nitrogens is 2. The zero-order valence-corrected chi connectivity index (χ0v) is 16.3. The Morgan fingerprint density at radius 3 is 2.69 bits per heavy atom. The van der Waals surface area contributed by atoms with Gasteiger partial charge in [-0.1, -0.05) is 11.2 Å². The number of benzene rings is 2. The van der Waals surface area contributed by atoms with Crippen LogP contribution in [0.2, 0.25) is 0 Å². The second-order valence-corrected chi connectivity index (χ2v) is 6.92. The number of amides is 1. The first-order valence-electron chi connectivity index (χ1n) is 9.34. The van der Waals surface area contributed by atoms with Gasteiger partial charge in [0.05, 0.1) is 0 Å². The number of rotatable bonds is 7. The average molecular weight is 394 g/mol. The van der Waals surface area contributed by atoms with Crippen molar-refractivity contribution in [2.45, 2.75) is 19.4 Å². The minimum atomic E-state index is -0.0854. The Kier molecular flexibility index (Phi) is 5.33. The predicted octanol–water partition coefficient (Wildman–Crippen LogP) is 2.78. The van der Waals surface area contributed by atoms with Gasteiger partial charge in [0.1, 0.15) is 0 Å². The Morgan fingerprint density at radius 2 is 1.90 bits per heavy atom. The summed E-state index contributed by atoms with van der Waals surface area (Å²) in [7, 11) is 3.97. The lowest BCUT2D eigenvalue weighted by Crippen LogP contribution is -2.23. The topological polar surface area (TPSA) is 89.7 Å². The molecule has 1 amide bonds. The van der Waals surface area contributed by atoms with E-state index in [4.69, 9.17) is 14.0 Å². The first-order valence-corrected chi connectivity index (χ1v) is 9.34. The van der Waals surface area contributed by atoms with Crippen LogP contribution in [0.4, 0.5) is 5.69 Å². The molecule has 0 saturated carbocycles. The molecule has 0 bridgehead atoms. The van der Waals surface area contributed by atoms with Crippen molar-refractivity contribution < 1.29 is 18.8 Å². The third kappa shape index (κ3) is 4.48. The molecule has 1 aliphatic heterocycles. The smallest absolute Gasteiger partial charge is 0.231 e. The van der Waals surface area contributed by atoms with Gasteiger partial charge in [0.15, 0.2) is 11.5 Å². The number of fused-ring (bicyclic) bond motifs is 1. The number of anilines is 1. The van der Waals surface area contributed by atoms with Crippen molar-refractivity contribution in [1.82, 2.24) is 15.5 Å². The number of hydrogen-bond acceptors (Lipinski definition) is 7. The van der Waals surface area contributed by atoms with Crippen molar-refractivity contribution >= 4 is 11.6 Å². The molecule has 8 nitrogen and oxygen atoms in total. The number of nitrogens with zero attached hydrogens (tertiary/aromatic N) is 3. The number of carbonyl (C=O) groups is 1. The molecule has 29 heavy (non-hydrogen) atoms. The summed E-state index contributed by atoms with van der Waals surface area (Å²) in [5, 5.41) is 6.89. The molecule has 0 unspecified atom stereocenters. The molecule has 1 N–H and O–H groups in total. The van der Waals surface area contributed by atoms with E-state index in [1.54, 1.807) is 0 Å². The van der Waals surface area contributed by atoms with E-state index in [1.165, 1.54) is 0 Å². The Labute approximate surface area is 168 Å². The van der Waals surface area contributed by atoms with Crippen LogP contribution in [0.25, 0.3) is 11.4 Å². The van der Waals surface area contributed by atoms with Gasteiger partial charge in [-0.25, -0.2) is 0 Å². The van der Waals surface area contributed by atoms with Crippen LogP contribution in [0.3, 0.4) is 0 Å². The fourth-order valence-corrected chi connectivity index (χ4v) is 2.94. The van der Waals surface area contributed by atoms with Gasteiger partial charge in [-0.2, -0.15) is 4.98 Å². The molecule has 0 fully saturated rings. The molecule has 150 valence electrons. The van der Waals surface area contributed by atoms with E-state index < -0.39 is 0 Å². The minimum absolute atomic E-state index is 0.0854. The SMILES string of the molecule is CN(C)c1ccc(-c2noc(CCC(=O)NCc3ccc4c(c3)OCO4)n2)cc1. The number of nitrogens with one attached hydrogen (secondary N) is 1. The highest BCUT2D eigenvalue weighted by atomic mass is 16.7. The van der Waals surface area contributed by atoms with Crippen LogP contribution in [-0.2, 0) is 17.8 Å². The summed E-state index contributed by atoms with van der Waals surface area (Å²) in [4.78, 5) is 18.5. The first-order chi connectivity index (χ1) is 14.1. The zero-order chi connectivity index (χ0) is 20.2. The number of carbonyl (C=O) groups excluding carboxylic acids is 1. The minimum Gasteiger partial charge on any atom is -0.454 e. The van der Waals surface area contributed by atoms with Crippen LogP contribution >= 0.6 is 0 Å². The van der Waals surface area contributed by atoms with E-state index >= 15 is 0 Å². The van der Waals surface area contributed by atoms with Gasteiger partial charge in [-0.15, -0.1) is 0 Å². The molecule has 0 spiro atoms. The van der Waals surface area contributed by atoms with Gasteiger partial charge in [-0.05, 0) is 42.0 Å². The van der Waals surface area contributed by atoms with Crippen molar-refractivity contribution in [3.63, 3.8) is 0 Å². The summed E-state index contributed by atoms with van der Waals surface area (Å²) in [5.41, 5.74) is 2.92. The van der Waals surface area contributed by atoms with E-state index in [0.29, 0.717) is 30.4 Å². The fourth-order valence-electron chi connectivity index (χ4n) is 2.94. The molecule has 2 heterocycles. The third-order valence-corrected chi connectivity index (χ3v) is 4.60. The first kappa shape index (κ1) is 18.8. The van der Waals surface area contributed by atoms with Gasteiger partial charge in [0.2, 0.25) is 24.4 Å². The van der Waals surface area contributed by atoms with E-state index in [9.17, 15) is 4.79 Å². The van der Waals surface area contributed by atoms with Crippen molar-refractivity contribution in [3.05, 3.63) is 53.9 Å². The highest BCUT2D eigenvalue weighted by Crippen LogP contribution is 2.32. The van der Waals surface area contributed by atoms with E-state index in [2.05, 4.69) is 15.5 Å². The summed E-state index contributed by atoms with van der Waals surface area (Å²) in [6, 6.07) is 13.5. The maximum Gasteiger partial charge on any atom is 0.231 e. The Balaban J connectivity index is 1.27. The summed E-state index contributed by atoms with van der Waals surface area (Å²) in [6.45, 7) is 0.653. The molecule has 1 aliphatic rings. The van der Waals surface area contributed by atoms with E-state index in [0.717, 1.165) is 22.6 Å². The molecular weight excluding hydrogens is 372 g/mol. The van der Waals surface area contributed by atoms with Crippen LogP contribution < -0.4 is 19.7 Å². The summed E-state index contributed by atoms with van der Waals surface area (Å²) >= 11 is 0. The summed E-state index contributed by atoms with van der Waals surface area (Å²) < 4.78 is 15.9. The van der Waals surface area contributed by atoms with Crippen LogP contribution in [-0.4, -0.2) is 36.9 Å². The predicted molar refractivity (Wildman–Crippen MR) is 107 cm³/mol. The molecule has 0 radical (unpaired) electrons. The van der Waals surface area contributed by atoms with Crippen LogP contribution in [0, 0.1) is 0 Å². The molecule has 1 aromatic heterocycles. The maximum atomic E-state index is 12.1. The lowest BCUT2D eigenvalue weighted by atomic mass is 10.2. The van der Waals surface area contributed by atoms with Gasteiger partial charge < -0.3 is 24.2 Å². The zero-order valence-electron chi connectivity index (χ0n) is 16.3. The van der Waals surface area contributed by atoms with Crippen molar-refractivity contribution in [2.24, 2.45) is 0 Å². The maximum absolute atomic E-state index is 12.1. The van der Waals surface area contributed by atoms with Crippen molar-refractivity contribution in [3.8, 4) is 22.9 Å². The van der Waals surface area contributed by atoms with Crippen LogP contribution in [0.1, 0.15) is 17.9 Å². The largest absolute Gasteiger partial charge is 0.454 e. The Morgan fingerprint density at radius 1 is 1.10 bits per heavy atom. The molecule has 2 aromatic carbocycles. The van der Waals surface area contributed by atoms with Gasteiger partial charge in [-0.3, -0.25) is 4.79 Å². The molecular formula is C21H22N4O4. The highest BCUT2D eigenvalue weighted by molar-refractivity contribution is 5.76. The third-order valence-electron chi connectivity index (χ3n) is 4.60. The summed E-state index contributed by atoms with van der Waals surface area (Å²) in [6.07, 6.45) is 0.654. The normalized spacial score (nSPS) is 12.1. The van der Waals surface area contributed by atoms with Crippen molar-refractivity contribution in [1.29, 1.82) is 0 Å². The summed E-state index contributed by atoms with van der Waals surface area (Å²) in [5.74, 6) is 2.30. The molecule has 3 aromatic rings. The Bertz CT molecular complexity index is 998. The van der Waals surface area contributed by atoms with Gasteiger partial charge >= 0.3 is 0 Å². The lowest BCUT2D eigenvalue weighted by Gasteiger charge is -2.11. The second kappa shape index (κ2) is 8.22. The van der Waals surface area contributed by atoms with Crippen molar-refractivity contribution in [2.75, 3.05) is 25.8 Å². The monoisotopic (exact) mass is 394 g/mol. The van der Waals surface area contributed by atoms with E-state index in [-0.39, 0.29) is 19.1 Å². The van der Waals surface area contributed by atoms with Gasteiger partial charge in [0, 0.05) is 44.7 Å². The molecule has 0 saturated heterocycles. The van der Waals surface area contributed by atoms with E-state index in [1.807, 2.05) is 61.5 Å². The van der Waals surface area contributed by atoms with Crippen LogP contribution in [0.5, 0.6) is 11.5 Å². The molecule has 8 heteroatoms. The standard InChI is InChI=1S/C21H22N4O4/c1-25(2)16-6-4-15(5-7-16)21-23-20(29-24-21)10-9-19(26)22-12-14-3-8-17-18(11-14)28-13-27-17/h3-8,11H,9-10,12-13H2,1-2H3,(H,22,26). The number of hydrogen-bond donors (Lipinski definition) is 1. The Hall–Kier alpha value is -3.55. The molecule has 4 rings (SSSR count). The quantitative estimate of drug-likeness (QED) is 0.659. The van der Waals surface area contributed by atoms with Crippen LogP contribution in [0.15, 0.2) is 47.0 Å². The molecule has 0 atom stereocenters. The van der Waals surface area contributed by atoms with Gasteiger partial charge in [0.25, 0.3) is 0 Å². The number of aryl methyl sites for hydroxylation is 1. The highest BCUT2D eigenvalue weighted by Gasteiger charge is 2.14. The number of ether oxygens (including phenoxy) is 2. The second-order valence-electron chi connectivity index (χ2n) is 6.92.